The van der Waals surface area contributed by atoms with Crippen molar-refractivity contribution in [3.05, 3.63) is 12.3 Å². The third kappa shape index (κ3) is 3.52. The zero-order chi connectivity index (χ0) is 11.2. The third-order valence-electron chi connectivity index (χ3n) is 3.22. The summed E-state index contributed by atoms with van der Waals surface area (Å²) in [4.78, 5) is 2.58. The van der Waals surface area contributed by atoms with E-state index in [0.29, 0.717) is 5.82 Å². The Morgan fingerprint density at radius 2 is 1.88 bits per heavy atom. The number of likely N-dealkylation sites (tertiary alicyclic amines) is 1. The van der Waals surface area contributed by atoms with Gasteiger partial charge in [0.25, 0.3) is 0 Å². The van der Waals surface area contributed by atoms with Crippen molar-refractivity contribution in [2.45, 2.75) is 38.6 Å². The molecule has 0 aliphatic carbocycles. The average Bonchev–Trinajstić information content (AvgIpc) is 2.54. The van der Waals surface area contributed by atoms with Crippen LogP contribution in [0.3, 0.4) is 0 Å². The second-order valence-corrected chi connectivity index (χ2v) is 4.61. The smallest absolute Gasteiger partial charge is 0.145 e. The maximum atomic E-state index is 5.57. The maximum absolute atomic E-state index is 5.57. The van der Waals surface area contributed by atoms with Gasteiger partial charge >= 0.3 is 0 Å². The van der Waals surface area contributed by atoms with E-state index in [1.54, 1.807) is 0 Å². The number of nitrogens with zero attached hydrogens (tertiary/aromatic N) is 3. The topological polar surface area (TPSA) is 47.1 Å². The Bertz CT molecular complexity index is 300. The van der Waals surface area contributed by atoms with E-state index in [0.717, 1.165) is 6.54 Å². The Hall–Kier alpha value is -1.03. The Balaban J connectivity index is 1.67. The molecule has 0 aromatic carbocycles. The Morgan fingerprint density at radius 1 is 1.12 bits per heavy atom. The second kappa shape index (κ2) is 5.89. The van der Waals surface area contributed by atoms with Crippen LogP contribution in [0.25, 0.3) is 0 Å². The van der Waals surface area contributed by atoms with Crippen molar-refractivity contribution in [1.82, 2.24) is 14.7 Å². The lowest BCUT2D eigenvalue weighted by Crippen LogP contribution is -2.26. The van der Waals surface area contributed by atoms with Gasteiger partial charge in [-0.3, -0.25) is 4.68 Å². The largest absolute Gasteiger partial charge is 0.382 e. The van der Waals surface area contributed by atoms with Crippen molar-refractivity contribution in [2.75, 3.05) is 25.4 Å². The van der Waals surface area contributed by atoms with Crippen LogP contribution in [-0.2, 0) is 6.54 Å². The first-order valence-corrected chi connectivity index (χ1v) is 6.36. The minimum atomic E-state index is 0.620. The van der Waals surface area contributed by atoms with Gasteiger partial charge in [0, 0.05) is 12.7 Å². The van der Waals surface area contributed by atoms with Crippen LogP contribution in [-0.4, -0.2) is 34.3 Å². The van der Waals surface area contributed by atoms with Crippen molar-refractivity contribution >= 4 is 5.82 Å². The van der Waals surface area contributed by atoms with Crippen molar-refractivity contribution in [3.63, 3.8) is 0 Å². The van der Waals surface area contributed by atoms with Gasteiger partial charge in [-0.05, 0) is 45.0 Å². The highest BCUT2D eigenvalue weighted by Gasteiger charge is 2.08. The normalized spacial score (nSPS) is 18.5. The number of nitrogen functional groups attached to an aromatic ring is 1. The standard InChI is InChI=1S/C12H22N4/c13-12-6-11-16(14-12)10-5-9-15-7-3-1-2-4-8-15/h6,11H,1-5,7-10H2,(H2,13,14). The van der Waals surface area contributed by atoms with Crippen LogP contribution >= 0.6 is 0 Å². The number of aromatic nitrogens is 2. The van der Waals surface area contributed by atoms with Crippen molar-refractivity contribution in [3.8, 4) is 0 Å². The zero-order valence-corrected chi connectivity index (χ0v) is 9.94. The van der Waals surface area contributed by atoms with Crippen LogP contribution in [0.15, 0.2) is 12.3 Å². The monoisotopic (exact) mass is 222 g/mol. The fourth-order valence-corrected chi connectivity index (χ4v) is 2.32. The lowest BCUT2D eigenvalue weighted by molar-refractivity contribution is 0.274. The van der Waals surface area contributed by atoms with Gasteiger partial charge in [-0.25, -0.2) is 0 Å². The summed E-state index contributed by atoms with van der Waals surface area (Å²) < 4.78 is 1.94. The van der Waals surface area contributed by atoms with Crippen LogP contribution in [0.5, 0.6) is 0 Å². The van der Waals surface area contributed by atoms with Gasteiger partial charge in [-0.1, -0.05) is 12.8 Å². The molecule has 2 N–H and O–H groups in total. The number of aryl methyl sites for hydroxylation is 1. The summed E-state index contributed by atoms with van der Waals surface area (Å²) in [6.07, 6.45) is 8.68. The molecule has 0 saturated carbocycles. The number of hydrogen-bond acceptors (Lipinski definition) is 3. The summed E-state index contributed by atoms with van der Waals surface area (Å²) >= 11 is 0. The highest BCUT2D eigenvalue weighted by atomic mass is 15.3. The SMILES string of the molecule is Nc1ccn(CCCN2CCCCCC2)n1. The van der Waals surface area contributed by atoms with Crippen molar-refractivity contribution in [1.29, 1.82) is 0 Å². The molecule has 2 rings (SSSR count). The molecule has 4 nitrogen and oxygen atoms in total. The molecule has 90 valence electrons. The highest BCUT2D eigenvalue weighted by molar-refractivity contribution is 5.23. The summed E-state index contributed by atoms with van der Waals surface area (Å²) in [6, 6.07) is 1.85. The predicted octanol–water partition coefficient (Wildman–Crippen LogP) is 1.73. The van der Waals surface area contributed by atoms with E-state index in [9.17, 15) is 0 Å². The van der Waals surface area contributed by atoms with E-state index < -0.39 is 0 Å². The lowest BCUT2D eigenvalue weighted by Gasteiger charge is -2.19. The van der Waals surface area contributed by atoms with Crippen molar-refractivity contribution in [2.24, 2.45) is 0 Å². The molecule has 4 heteroatoms. The molecule has 1 aliphatic heterocycles. The lowest BCUT2D eigenvalue weighted by atomic mass is 10.2. The Morgan fingerprint density at radius 3 is 2.50 bits per heavy atom. The molecule has 0 unspecified atom stereocenters. The zero-order valence-electron chi connectivity index (χ0n) is 9.94. The third-order valence-corrected chi connectivity index (χ3v) is 3.22. The molecule has 1 aliphatic rings. The molecular formula is C12H22N4. The molecule has 0 bridgehead atoms. The molecule has 1 aromatic heterocycles. The molecule has 0 radical (unpaired) electrons. The molecule has 0 atom stereocenters. The van der Waals surface area contributed by atoms with Gasteiger partial charge < -0.3 is 10.6 Å². The summed E-state index contributed by atoms with van der Waals surface area (Å²) in [6.45, 7) is 4.73. The molecule has 1 fully saturated rings. The van der Waals surface area contributed by atoms with E-state index in [2.05, 4.69) is 10.00 Å². The number of hydrogen-bond donors (Lipinski definition) is 1. The summed E-state index contributed by atoms with van der Waals surface area (Å²) in [5.41, 5.74) is 5.57. The fourth-order valence-electron chi connectivity index (χ4n) is 2.32. The first-order valence-electron chi connectivity index (χ1n) is 6.36. The molecule has 0 amide bonds. The number of anilines is 1. The first-order chi connectivity index (χ1) is 7.84. The molecule has 1 saturated heterocycles. The van der Waals surface area contributed by atoms with Crippen molar-refractivity contribution < 1.29 is 0 Å². The quantitative estimate of drug-likeness (QED) is 0.844. The molecule has 0 spiro atoms. The van der Waals surface area contributed by atoms with Gasteiger partial charge in [0.2, 0.25) is 0 Å². The van der Waals surface area contributed by atoms with Gasteiger partial charge in [-0.15, -0.1) is 0 Å². The van der Waals surface area contributed by atoms with E-state index >= 15 is 0 Å². The Kier molecular flexibility index (Phi) is 4.22. The molecule has 1 aromatic rings. The van der Waals surface area contributed by atoms with E-state index in [4.69, 9.17) is 5.73 Å². The van der Waals surface area contributed by atoms with Crippen LogP contribution in [0.4, 0.5) is 5.82 Å². The molecular weight excluding hydrogens is 200 g/mol. The number of nitrogens with two attached hydrogens (primary N) is 1. The van der Waals surface area contributed by atoms with E-state index in [-0.39, 0.29) is 0 Å². The average molecular weight is 222 g/mol. The van der Waals surface area contributed by atoms with Gasteiger partial charge in [-0.2, -0.15) is 5.10 Å². The van der Waals surface area contributed by atoms with Crippen LogP contribution in [0, 0.1) is 0 Å². The first kappa shape index (κ1) is 11.5. The summed E-state index contributed by atoms with van der Waals surface area (Å²) in [7, 11) is 0. The maximum Gasteiger partial charge on any atom is 0.145 e. The highest BCUT2D eigenvalue weighted by Crippen LogP contribution is 2.10. The minimum absolute atomic E-state index is 0.620. The molecule has 2 heterocycles. The van der Waals surface area contributed by atoms with Crippen LogP contribution in [0.1, 0.15) is 32.1 Å². The fraction of sp³-hybridized carbons (Fsp3) is 0.750. The second-order valence-electron chi connectivity index (χ2n) is 4.61. The van der Waals surface area contributed by atoms with Crippen LogP contribution in [0.2, 0.25) is 0 Å². The van der Waals surface area contributed by atoms with Gasteiger partial charge in [0.15, 0.2) is 0 Å². The summed E-state index contributed by atoms with van der Waals surface area (Å²) in [5.74, 6) is 0.620. The minimum Gasteiger partial charge on any atom is -0.382 e. The Labute approximate surface area is 97.4 Å². The number of rotatable bonds is 4. The van der Waals surface area contributed by atoms with Gasteiger partial charge in [0.05, 0.1) is 0 Å². The molecule has 16 heavy (non-hydrogen) atoms. The van der Waals surface area contributed by atoms with Gasteiger partial charge in [0.1, 0.15) is 5.82 Å². The predicted molar refractivity (Wildman–Crippen MR) is 66.2 cm³/mol. The van der Waals surface area contributed by atoms with Crippen LogP contribution < -0.4 is 5.73 Å². The summed E-state index contributed by atoms with van der Waals surface area (Å²) in [5, 5.41) is 4.19. The van der Waals surface area contributed by atoms with E-state index in [1.807, 2.05) is 16.9 Å². The van der Waals surface area contributed by atoms with E-state index in [1.165, 1.54) is 51.7 Å².